The molecular formula is C25H28N6O. The van der Waals surface area contributed by atoms with Crippen molar-refractivity contribution < 1.29 is 0 Å². The van der Waals surface area contributed by atoms with Crippen LogP contribution in [0.1, 0.15) is 35.7 Å². The molecule has 0 spiro atoms. The van der Waals surface area contributed by atoms with Gasteiger partial charge in [-0.05, 0) is 37.1 Å². The van der Waals surface area contributed by atoms with Gasteiger partial charge in [0.05, 0.1) is 0 Å². The fourth-order valence-electron chi connectivity index (χ4n) is 4.43. The molecule has 2 aromatic heterocycles. The zero-order valence-corrected chi connectivity index (χ0v) is 18.3. The van der Waals surface area contributed by atoms with Crippen molar-refractivity contribution in [3.63, 3.8) is 0 Å². The summed E-state index contributed by atoms with van der Waals surface area (Å²) in [5.41, 5.74) is 3.31. The van der Waals surface area contributed by atoms with Gasteiger partial charge in [-0.1, -0.05) is 60.7 Å². The highest BCUT2D eigenvalue weighted by Gasteiger charge is 2.25. The van der Waals surface area contributed by atoms with Crippen molar-refractivity contribution in [3.05, 3.63) is 88.0 Å². The quantitative estimate of drug-likeness (QED) is 0.493. The number of imidazole rings is 1. The van der Waals surface area contributed by atoms with Crippen LogP contribution in [0.3, 0.4) is 0 Å². The number of rotatable bonds is 6. The molecule has 4 aromatic rings. The molecular weight excluding hydrogens is 400 g/mol. The normalized spacial score (nSPS) is 14.7. The van der Waals surface area contributed by atoms with E-state index in [1.54, 1.807) is 11.6 Å². The third-order valence-corrected chi connectivity index (χ3v) is 6.20. The molecule has 0 radical (unpaired) electrons. The van der Waals surface area contributed by atoms with Gasteiger partial charge >= 0.3 is 0 Å². The molecule has 0 aliphatic carbocycles. The smallest absolute Gasteiger partial charge is 0.280 e. The van der Waals surface area contributed by atoms with Crippen LogP contribution in [0.25, 0.3) is 11.2 Å². The van der Waals surface area contributed by atoms with Gasteiger partial charge in [-0.2, -0.15) is 4.98 Å². The zero-order chi connectivity index (χ0) is 21.9. The summed E-state index contributed by atoms with van der Waals surface area (Å²) in [4.78, 5) is 23.2. The molecule has 2 N–H and O–H groups in total. The summed E-state index contributed by atoms with van der Waals surface area (Å²) in [6.45, 7) is 3.14. The predicted molar refractivity (Wildman–Crippen MR) is 127 cm³/mol. The summed E-state index contributed by atoms with van der Waals surface area (Å²) < 4.78 is 3.69. The molecule has 0 unspecified atom stereocenters. The number of fused-ring (bicyclic) bond motifs is 1. The van der Waals surface area contributed by atoms with Crippen LogP contribution < -0.4 is 16.2 Å². The first-order valence-electron chi connectivity index (χ1n) is 11.2. The van der Waals surface area contributed by atoms with E-state index in [2.05, 4.69) is 27.3 Å². The SMILES string of the molecule is Cn1c(NCc2ccccc2)nc2nc(C3CCNCC3)n(Cc3ccccc3)c2c1=O. The zero-order valence-electron chi connectivity index (χ0n) is 18.3. The van der Waals surface area contributed by atoms with Crippen molar-refractivity contribution in [2.24, 2.45) is 7.05 Å². The second-order valence-corrected chi connectivity index (χ2v) is 8.38. The number of nitrogens with one attached hydrogen (secondary N) is 2. The molecule has 32 heavy (non-hydrogen) atoms. The highest BCUT2D eigenvalue weighted by molar-refractivity contribution is 5.72. The second-order valence-electron chi connectivity index (χ2n) is 8.38. The molecule has 1 fully saturated rings. The molecule has 7 heteroatoms. The summed E-state index contributed by atoms with van der Waals surface area (Å²) >= 11 is 0. The maximum Gasteiger partial charge on any atom is 0.280 e. The van der Waals surface area contributed by atoms with Crippen molar-refractivity contribution in [2.45, 2.75) is 31.8 Å². The van der Waals surface area contributed by atoms with Crippen molar-refractivity contribution in [2.75, 3.05) is 18.4 Å². The van der Waals surface area contributed by atoms with Crippen LogP contribution in [0, 0.1) is 0 Å². The first-order chi connectivity index (χ1) is 15.7. The minimum absolute atomic E-state index is 0.0748. The monoisotopic (exact) mass is 428 g/mol. The number of hydrogen-bond acceptors (Lipinski definition) is 5. The van der Waals surface area contributed by atoms with E-state index in [1.165, 1.54) is 0 Å². The highest BCUT2D eigenvalue weighted by Crippen LogP contribution is 2.28. The number of benzene rings is 2. The van der Waals surface area contributed by atoms with Gasteiger partial charge in [0.25, 0.3) is 5.56 Å². The van der Waals surface area contributed by atoms with Gasteiger partial charge in [0.2, 0.25) is 5.95 Å². The van der Waals surface area contributed by atoms with Gasteiger partial charge in [0.15, 0.2) is 11.2 Å². The average Bonchev–Trinajstić information content (AvgIpc) is 3.20. The molecule has 5 rings (SSSR count). The van der Waals surface area contributed by atoms with Crippen molar-refractivity contribution >= 4 is 17.1 Å². The Hall–Kier alpha value is -3.45. The van der Waals surface area contributed by atoms with E-state index in [0.717, 1.165) is 42.9 Å². The van der Waals surface area contributed by atoms with Crippen LogP contribution >= 0.6 is 0 Å². The first-order valence-corrected chi connectivity index (χ1v) is 11.2. The summed E-state index contributed by atoms with van der Waals surface area (Å²) in [5, 5.41) is 6.73. The largest absolute Gasteiger partial charge is 0.351 e. The Labute approximate surface area is 187 Å². The minimum atomic E-state index is -0.0748. The van der Waals surface area contributed by atoms with Crippen molar-refractivity contribution in [3.8, 4) is 0 Å². The molecule has 1 saturated heterocycles. The third kappa shape index (κ3) is 4.03. The summed E-state index contributed by atoms with van der Waals surface area (Å²) in [5.74, 6) is 1.82. The fraction of sp³-hybridized carbons (Fsp3) is 0.320. The summed E-state index contributed by atoms with van der Waals surface area (Å²) in [6.07, 6.45) is 2.02. The summed E-state index contributed by atoms with van der Waals surface area (Å²) in [6, 6.07) is 20.3. The summed E-state index contributed by atoms with van der Waals surface area (Å²) in [7, 11) is 1.77. The Morgan fingerprint density at radius 1 is 0.969 bits per heavy atom. The molecule has 0 amide bonds. The molecule has 1 aliphatic rings. The number of anilines is 1. The third-order valence-electron chi connectivity index (χ3n) is 6.20. The maximum absolute atomic E-state index is 13.5. The van der Waals surface area contributed by atoms with Crippen molar-refractivity contribution in [1.29, 1.82) is 0 Å². The Morgan fingerprint density at radius 2 is 1.62 bits per heavy atom. The Bertz CT molecular complexity index is 1260. The van der Waals surface area contributed by atoms with Crippen LogP contribution in [0.4, 0.5) is 5.95 Å². The highest BCUT2D eigenvalue weighted by atomic mass is 16.1. The van der Waals surface area contributed by atoms with E-state index in [0.29, 0.717) is 36.1 Å². The number of nitrogens with zero attached hydrogens (tertiary/aromatic N) is 4. The van der Waals surface area contributed by atoms with Gasteiger partial charge in [-0.25, -0.2) is 4.98 Å². The molecule has 0 saturated carbocycles. The van der Waals surface area contributed by atoms with Crippen LogP contribution in [0.2, 0.25) is 0 Å². The van der Waals surface area contributed by atoms with E-state index < -0.39 is 0 Å². The maximum atomic E-state index is 13.5. The standard InChI is InChI=1S/C25H28N6O/c1-30-24(32)21-22(29-25(30)27-16-18-8-4-2-5-9-18)28-23(20-12-14-26-15-13-20)31(21)17-19-10-6-3-7-11-19/h2-11,20,26H,12-17H2,1H3,(H,27,29). The number of hydrogen-bond donors (Lipinski definition) is 2. The molecule has 3 heterocycles. The van der Waals surface area contributed by atoms with E-state index in [-0.39, 0.29) is 5.56 Å². The van der Waals surface area contributed by atoms with Crippen LogP contribution in [-0.2, 0) is 20.1 Å². The molecule has 0 atom stereocenters. The van der Waals surface area contributed by atoms with Crippen LogP contribution in [0.15, 0.2) is 65.5 Å². The van der Waals surface area contributed by atoms with E-state index in [4.69, 9.17) is 9.97 Å². The van der Waals surface area contributed by atoms with Gasteiger partial charge in [0, 0.05) is 26.1 Å². The molecule has 2 aromatic carbocycles. The van der Waals surface area contributed by atoms with Gasteiger partial charge in [0.1, 0.15) is 5.82 Å². The van der Waals surface area contributed by atoms with E-state index in [9.17, 15) is 4.79 Å². The lowest BCUT2D eigenvalue weighted by molar-refractivity contribution is 0.435. The molecule has 1 aliphatic heterocycles. The Kier molecular flexibility index (Phi) is 5.73. The Morgan fingerprint density at radius 3 is 2.31 bits per heavy atom. The van der Waals surface area contributed by atoms with E-state index >= 15 is 0 Å². The van der Waals surface area contributed by atoms with Gasteiger partial charge < -0.3 is 15.2 Å². The lowest BCUT2D eigenvalue weighted by atomic mass is 9.97. The fourth-order valence-corrected chi connectivity index (χ4v) is 4.43. The Balaban J connectivity index is 1.57. The van der Waals surface area contributed by atoms with Crippen molar-refractivity contribution in [1.82, 2.24) is 24.4 Å². The van der Waals surface area contributed by atoms with E-state index in [1.807, 2.05) is 48.5 Å². The van der Waals surface area contributed by atoms with Gasteiger partial charge in [-0.15, -0.1) is 0 Å². The molecule has 164 valence electrons. The number of piperidine rings is 1. The number of aromatic nitrogens is 4. The average molecular weight is 429 g/mol. The molecule has 7 nitrogen and oxygen atoms in total. The predicted octanol–water partition coefficient (Wildman–Crippen LogP) is 3.26. The first kappa shape index (κ1) is 20.5. The molecule has 0 bridgehead atoms. The second kappa shape index (κ2) is 8.96. The van der Waals surface area contributed by atoms with Gasteiger partial charge in [-0.3, -0.25) is 9.36 Å². The minimum Gasteiger partial charge on any atom is -0.351 e. The topological polar surface area (TPSA) is 76.8 Å². The van der Waals surface area contributed by atoms with Crippen LogP contribution in [0.5, 0.6) is 0 Å². The lowest BCUT2D eigenvalue weighted by Crippen LogP contribution is -2.28. The van der Waals surface area contributed by atoms with Crippen LogP contribution in [-0.4, -0.2) is 32.2 Å². The lowest BCUT2D eigenvalue weighted by Gasteiger charge is -2.23.